The van der Waals surface area contributed by atoms with Gasteiger partial charge in [0.15, 0.2) is 0 Å². The Bertz CT molecular complexity index is 1250. The van der Waals surface area contributed by atoms with Gasteiger partial charge in [-0.2, -0.15) is 0 Å². The van der Waals surface area contributed by atoms with Crippen molar-refractivity contribution in [3.63, 3.8) is 0 Å². The number of nitrogens with one attached hydrogen (secondary N) is 4. The van der Waals surface area contributed by atoms with Crippen molar-refractivity contribution in [2.24, 2.45) is 0 Å². The zero-order valence-corrected chi connectivity index (χ0v) is 20.7. The molecule has 0 radical (unpaired) electrons. The molecule has 8 nitrogen and oxygen atoms in total. The average Bonchev–Trinajstić information content (AvgIpc) is 2.94. The van der Waals surface area contributed by atoms with Crippen LogP contribution in [0.2, 0.25) is 0 Å². The van der Waals surface area contributed by atoms with E-state index in [1.165, 1.54) is 0 Å². The molecule has 0 saturated heterocycles. The van der Waals surface area contributed by atoms with Crippen molar-refractivity contribution in [1.82, 2.24) is 21.4 Å². The van der Waals surface area contributed by atoms with E-state index >= 15 is 0 Å². The van der Waals surface area contributed by atoms with E-state index in [1.54, 1.807) is 36.7 Å². The number of rotatable bonds is 9. The van der Waals surface area contributed by atoms with Crippen LogP contribution in [0.4, 0.5) is 0 Å². The molecular formula is C29H30N4O4. The number of benzene rings is 3. The van der Waals surface area contributed by atoms with Crippen LogP contribution in [-0.4, -0.2) is 41.6 Å². The standard InChI is InChI=1S/C29H30N4O4/c1-20(24-11-7-4-8-12-24)30-19-26(34)31-21(2)27(29(36)33-37)32-28(35)25-17-15-23(16-18-25)14-13-22-9-5-3-6-10-22/h3-12,15-18,20-21,27,30,37H,19H2,1-2H3,(H,31,34)(H,32,35)(H,33,36)/t20?,21?,27-/m0/s1. The third-order valence-corrected chi connectivity index (χ3v) is 5.71. The second-order valence-electron chi connectivity index (χ2n) is 8.49. The Morgan fingerprint density at radius 1 is 0.784 bits per heavy atom. The van der Waals surface area contributed by atoms with Crippen LogP contribution in [0.3, 0.4) is 0 Å². The van der Waals surface area contributed by atoms with Gasteiger partial charge in [0.2, 0.25) is 5.91 Å². The molecule has 3 amide bonds. The third kappa shape index (κ3) is 8.32. The smallest absolute Gasteiger partial charge is 0.268 e. The maximum absolute atomic E-state index is 12.8. The van der Waals surface area contributed by atoms with Crippen LogP contribution in [0.1, 0.15) is 46.9 Å². The van der Waals surface area contributed by atoms with E-state index in [0.29, 0.717) is 5.56 Å². The summed E-state index contributed by atoms with van der Waals surface area (Å²) in [7, 11) is 0. The highest BCUT2D eigenvalue weighted by atomic mass is 16.5. The van der Waals surface area contributed by atoms with Gasteiger partial charge in [-0.05, 0) is 55.8 Å². The van der Waals surface area contributed by atoms with Crippen LogP contribution in [0.5, 0.6) is 0 Å². The summed E-state index contributed by atoms with van der Waals surface area (Å²) in [5.74, 6) is 4.34. The Morgan fingerprint density at radius 2 is 1.35 bits per heavy atom. The molecule has 0 bridgehead atoms. The molecule has 0 saturated carbocycles. The van der Waals surface area contributed by atoms with Gasteiger partial charge in [0.05, 0.1) is 12.6 Å². The van der Waals surface area contributed by atoms with Crippen molar-refractivity contribution < 1.29 is 19.6 Å². The number of hydrogen-bond acceptors (Lipinski definition) is 5. The molecule has 0 aliphatic carbocycles. The highest BCUT2D eigenvalue weighted by molar-refractivity contribution is 5.98. The van der Waals surface area contributed by atoms with Gasteiger partial charge in [-0.15, -0.1) is 0 Å². The minimum absolute atomic E-state index is 0.00723. The van der Waals surface area contributed by atoms with Crippen LogP contribution in [0, 0.1) is 11.8 Å². The van der Waals surface area contributed by atoms with E-state index in [2.05, 4.69) is 27.8 Å². The van der Waals surface area contributed by atoms with E-state index in [-0.39, 0.29) is 18.5 Å². The van der Waals surface area contributed by atoms with Crippen LogP contribution >= 0.6 is 0 Å². The monoisotopic (exact) mass is 498 g/mol. The molecule has 5 N–H and O–H groups in total. The number of amides is 3. The molecule has 3 rings (SSSR count). The van der Waals surface area contributed by atoms with Gasteiger partial charge in [-0.25, -0.2) is 5.48 Å². The van der Waals surface area contributed by atoms with Crippen molar-refractivity contribution in [2.75, 3.05) is 6.54 Å². The predicted octanol–water partition coefficient (Wildman–Crippen LogP) is 2.55. The average molecular weight is 499 g/mol. The summed E-state index contributed by atoms with van der Waals surface area (Å²) in [6, 6.07) is 23.7. The Morgan fingerprint density at radius 3 is 1.95 bits per heavy atom. The molecule has 0 spiro atoms. The highest BCUT2D eigenvalue weighted by Crippen LogP contribution is 2.10. The fraction of sp³-hybridized carbons (Fsp3) is 0.207. The van der Waals surface area contributed by atoms with Crippen molar-refractivity contribution in [3.8, 4) is 11.8 Å². The maximum Gasteiger partial charge on any atom is 0.268 e. The molecule has 0 fully saturated rings. The number of carbonyl (C=O) groups is 3. The SMILES string of the molecule is CC(NCC(=O)NC(C)[C@H](NC(=O)c1ccc(C#Cc2ccccc2)cc1)C(=O)NO)c1ccccc1. The second-order valence-corrected chi connectivity index (χ2v) is 8.49. The number of hydrogen-bond donors (Lipinski definition) is 5. The molecule has 0 aliphatic heterocycles. The third-order valence-electron chi connectivity index (χ3n) is 5.71. The van der Waals surface area contributed by atoms with Crippen LogP contribution < -0.4 is 21.4 Å². The minimum atomic E-state index is -1.20. The van der Waals surface area contributed by atoms with Gasteiger partial charge in [0.25, 0.3) is 11.8 Å². The first-order valence-corrected chi connectivity index (χ1v) is 11.9. The van der Waals surface area contributed by atoms with Gasteiger partial charge in [-0.3, -0.25) is 19.6 Å². The number of carbonyl (C=O) groups excluding carboxylic acids is 3. The van der Waals surface area contributed by atoms with Crippen molar-refractivity contribution in [3.05, 3.63) is 107 Å². The van der Waals surface area contributed by atoms with Gasteiger partial charge in [-0.1, -0.05) is 60.4 Å². The summed E-state index contributed by atoms with van der Waals surface area (Å²) in [6.07, 6.45) is 0. The fourth-order valence-corrected chi connectivity index (χ4v) is 3.58. The van der Waals surface area contributed by atoms with E-state index in [9.17, 15) is 19.6 Å². The van der Waals surface area contributed by atoms with Crippen LogP contribution in [0.25, 0.3) is 0 Å². The summed E-state index contributed by atoms with van der Waals surface area (Å²) >= 11 is 0. The fourth-order valence-electron chi connectivity index (χ4n) is 3.58. The van der Waals surface area contributed by atoms with Crippen LogP contribution in [0.15, 0.2) is 84.9 Å². The molecule has 0 heterocycles. The van der Waals surface area contributed by atoms with Crippen LogP contribution in [-0.2, 0) is 9.59 Å². The molecule has 190 valence electrons. The molecule has 0 aliphatic rings. The summed E-state index contributed by atoms with van der Waals surface area (Å²) in [4.78, 5) is 37.5. The quantitative estimate of drug-likeness (QED) is 0.177. The van der Waals surface area contributed by atoms with E-state index in [0.717, 1.165) is 16.7 Å². The molecule has 3 aromatic carbocycles. The molecule has 8 heteroatoms. The molecule has 3 aromatic rings. The van der Waals surface area contributed by atoms with Gasteiger partial charge < -0.3 is 16.0 Å². The summed E-state index contributed by atoms with van der Waals surface area (Å²) in [5, 5.41) is 17.6. The van der Waals surface area contributed by atoms with Gasteiger partial charge in [0.1, 0.15) is 6.04 Å². The van der Waals surface area contributed by atoms with E-state index in [4.69, 9.17) is 0 Å². The predicted molar refractivity (Wildman–Crippen MR) is 141 cm³/mol. The first-order chi connectivity index (χ1) is 17.9. The lowest BCUT2D eigenvalue weighted by Crippen LogP contribution is -2.58. The van der Waals surface area contributed by atoms with E-state index < -0.39 is 23.9 Å². The lowest BCUT2D eigenvalue weighted by molar-refractivity contribution is -0.132. The minimum Gasteiger partial charge on any atom is -0.350 e. The highest BCUT2D eigenvalue weighted by Gasteiger charge is 2.28. The Balaban J connectivity index is 1.58. The first-order valence-electron chi connectivity index (χ1n) is 11.9. The van der Waals surface area contributed by atoms with Crippen molar-refractivity contribution >= 4 is 17.7 Å². The largest absolute Gasteiger partial charge is 0.350 e. The molecule has 2 unspecified atom stereocenters. The molecule has 0 aromatic heterocycles. The zero-order valence-electron chi connectivity index (χ0n) is 20.7. The Labute approximate surface area is 216 Å². The molecule has 3 atom stereocenters. The number of hydroxylamine groups is 1. The zero-order chi connectivity index (χ0) is 26.6. The first kappa shape index (κ1) is 27.1. The molecular weight excluding hydrogens is 468 g/mol. The lowest BCUT2D eigenvalue weighted by atomic mass is 10.1. The van der Waals surface area contributed by atoms with Gasteiger partial charge >= 0.3 is 0 Å². The maximum atomic E-state index is 12.8. The topological polar surface area (TPSA) is 120 Å². The van der Waals surface area contributed by atoms with Crippen molar-refractivity contribution in [1.29, 1.82) is 0 Å². The summed E-state index contributed by atoms with van der Waals surface area (Å²) in [6.45, 7) is 3.51. The normalized spacial score (nSPS) is 12.7. The van der Waals surface area contributed by atoms with Crippen molar-refractivity contribution in [2.45, 2.75) is 32.0 Å². The second kappa shape index (κ2) is 13.6. The lowest BCUT2D eigenvalue weighted by Gasteiger charge is -2.24. The molecule has 37 heavy (non-hydrogen) atoms. The van der Waals surface area contributed by atoms with Gasteiger partial charge in [0, 0.05) is 22.7 Å². The Hall–Kier alpha value is -4.45. The summed E-state index contributed by atoms with van der Waals surface area (Å²) in [5.41, 5.74) is 4.49. The summed E-state index contributed by atoms with van der Waals surface area (Å²) < 4.78 is 0. The van der Waals surface area contributed by atoms with E-state index in [1.807, 2.05) is 67.6 Å². The Kier molecular flexibility index (Phi) is 9.97.